The molecular weight excluding hydrogens is 383 g/mol. The van der Waals surface area contributed by atoms with Crippen LogP contribution in [0.2, 0.25) is 10.0 Å². The van der Waals surface area contributed by atoms with E-state index in [2.05, 4.69) is 9.47 Å². The first kappa shape index (κ1) is 21.6. The third kappa shape index (κ3) is 6.48. The molecule has 0 saturated carbocycles. The maximum Gasteiger partial charge on any atom is 0.379 e. The van der Waals surface area contributed by atoms with E-state index in [-0.39, 0.29) is 5.56 Å². The quantitative estimate of drug-likeness (QED) is 0.482. The predicted molar refractivity (Wildman–Crippen MR) is 96.2 cm³/mol. The molecule has 1 unspecified atom stereocenters. The second kappa shape index (κ2) is 10.6. The first-order valence-corrected chi connectivity index (χ1v) is 7.95. The molecule has 0 aromatic heterocycles. The van der Waals surface area contributed by atoms with Crippen LogP contribution in [0.3, 0.4) is 0 Å². The fraction of sp³-hybridized carbons (Fsp3) is 0.167. The zero-order valence-corrected chi connectivity index (χ0v) is 15.5. The van der Waals surface area contributed by atoms with E-state index in [1.165, 1.54) is 25.3 Å². The van der Waals surface area contributed by atoms with Crippen molar-refractivity contribution < 1.29 is 29.0 Å². The zero-order valence-electron chi connectivity index (χ0n) is 13.9. The summed E-state index contributed by atoms with van der Waals surface area (Å²) in [5.74, 6) is -2.27. The van der Waals surface area contributed by atoms with E-state index >= 15 is 0 Å². The van der Waals surface area contributed by atoms with E-state index in [4.69, 9.17) is 23.2 Å². The number of benzene rings is 2. The molecule has 2 aromatic rings. The Bertz CT molecular complexity index is 791. The number of halogens is 2. The lowest BCUT2D eigenvalue weighted by Crippen LogP contribution is -2.15. The summed E-state index contributed by atoms with van der Waals surface area (Å²) < 4.78 is 8.65. The van der Waals surface area contributed by atoms with E-state index in [0.29, 0.717) is 15.6 Å². The second-order valence-corrected chi connectivity index (χ2v) is 5.68. The number of esters is 2. The maximum atomic E-state index is 11.2. The van der Waals surface area contributed by atoms with Crippen molar-refractivity contribution in [3.63, 3.8) is 0 Å². The Kier molecular flexibility index (Phi) is 8.78. The maximum absolute atomic E-state index is 11.2. The molecule has 2 aromatic carbocycles. The molecule has 8 heteroatoms. The van der Waals surface area contributed by atoms with Gasteiger partial charge in [0.2, 0.25) is 0 Å². The first-order valence-electron chi connectivity index (χ1n) is 7.19. The van der Waals surface area contributed by atoms with Crippen LogP contribution in [-0.2, 0) is 19.1 Å². The van der Waals surface area contributed by atoms with Crippen molar-refractivity contribution in [2.75, 3.05) is 14.2 Å². The highest BCUT2D eigenvalue weighted by Crippen LogP contribution is 2.18. The Balaban J connectivity index is 0.000000260. The molecule has 0 spiro atoms. The summed E-state index contributed by atoms with van der Waals surface area (Å²) in [6, 6.07) is 12.6. The summed E-state index contributed by atoms with van der Waals surface area (Å²) >= 11 is 11.3. The van der Waals surface area contributed by atoms with Crippen molar-refractivity contribution in [1.82, 2.24) is 0 Å². The lowest BCUT2D eigenvalue weighted by atomic mass is 10.1. The minimum Gasteiger partial charge on any atom is -0.467 e. The van der Waals surface area contributed by atoms with Gasteiger partial charge in [0.15, 0.2) is 6.10 Å². The summed E-state index contributed by atoms with van der Waals surface area (Å²) in [5, 5.41) is 10.3. The minimum atomic E-state index is -1.26. The van der Waals surface area contributed by atoms with Crippen molar-refractivity contribution in [2.45, 2.75) is 6.10 Å². The third-order valence-electron chi connectivity index (χ3n) is 3.05. The van der Waals surface area contributed by atoms with Gasteiger partial charge in [-0.2, -0.15) is 0 Å². The molecule has 0 saturated heterocycles. The number of aliphatic hydroxyl groups excluding tert-OH is 1. The molecule has 2 rings (SSSR count). The lowest BCUT2D eigenvalue weighted by molar-refractivity contribution is -0.150. The number of methoxy groups -OCH3 is 2. The number of hydrogen-bond acceptors (Lipinski definition) is 6. The monoisotopic (exact) mass is 398 g/mol. The number of carbonyl (C=O) groups excluding carboxylic acids is 3. The third-order valence-corrected chi connectivity index (χ3v) is 3.52. The highest BCUT2D eigenvalue weighted by Gasteiger charge is 2.17. The van der Waals surface area contributed by atoms with Crippen molar-refractivity contribution in [1.29, 1.82) is 0 Å². The van der Waals surface area contributed by atoms with Gasteiger partial charge in [-0.3, -0.25) is 4.79 Å². The van der Waals surface area contributed by atoms with E-state index in [0.717, 1.165) is 7.11 Å². The molecular formula is C18H16Cl2O6. The summed E-state index contributed by atoms with van der Waals surface area (Å²) in [6.07, 6.45) is -1.26. The average Bonchev–Trinajstić information content (AvgIpc) is 2.66. The molecule has 26 heavy (non-hydrogen) atoms. The molecule has 0 amide bonds. The Hall–Kier alpha value is -2.41. The molecule has 0 fully saturated rings. The summed E-state index contributed by atoms with van der Waals surface area (Å²) in [6.45, 7) is 0. The standard InChI is InChI=1S/C9H9ClO3.C9H7ClO3/c2*1-13-9(12)8(11)6-3-2-4-7(10)5-6/h2-5,8,11H,1H3;2-5H,1H3. The minimum absolute atomic E-state index is 0.236. The van der Waals surface area contributed by atoms with Gasteiger partial charge in [0.25, 0.3) is 5.78 Å². The van der Waals surface area contributed by atoms with Crippen molar-refractivity contribution >= 4 is 40.9 Å². The van der Waals surface area contributed by atoms with E-state index < -0.39 is 23.8 Å². The molecule has 0 bridgehead atoms. The molecule has 1 atom stereocenters. The molecule has 138 valence electrons. The van der Waals surface area contributed by atoms with Gasteiger partial charge in [-0.25, -0.2) is 9.59 Å². The van der Waals surface area contributed by atoms with Gasteiger partial charge in [0, 0.05) is 15.6 Å². The number of Topliss-reactive ketones (excluding diaryl/α,β-unsaturated/α-hetero) is 1. The Morgan fingerprint density at radius 2 is 1.50 bits per heavy atom. The number of rotatable bonds is 4. The van der Waals surface area contributed by atoms with Crippen LogP contribution in [0.4, 0.5) is 0 Å². The fourth-order valence-corrected chi connectivity index (χ4v) is 2.15. The molecule has 0 heterocycles. The summed E-state index contributed by atoms with van der Waals surface area (Å²) in [5.41, 5.74) is 0.665. The zero-order chi connectivity index (χ0) is 19.7. The molecule has 0 aliphatic heterocycles. The van der Waals surface area contributed by atoms with Crippen LogP contribution in [0.1, 0.15) is 22.0 Å². The van der Waals surface area contributed by atoms with Crippen LogP contribution >= 0.6 is 23.2 Å². The van der Waals surface area contributed by atoms with Crippen molar-refractivity contribution in [3.8, 4) is 0 Å². The number of aliphatic hydroxyl groups is 1. The second-order valence-electron chi connectivity index (χ2n) is 4.81. The van der Waals surface area contributed by atoms with E-state index in [9.17, 15) is 19.5 Å². The molecule has 0 aliphatic rings. The highest BCUT2D eigenvalue weighted by atomic mass is 35.5. The molecule has 0 radical (unpaired) electrons. The van der Waals surface area contributed by atoms with Crippen LogP contribution in [0.25, 0.3) is 0 Å². The topological polar surface area (TPSA) is 89.9 Å². The van der Waals surface area contributed by atoms with Gasteiger partial charge >= 0.3 is 11.9 Å². The Labute approximate surface area is 160 Å². The van der Waals surface area contributed by atoms with Gasteiger partial charge in [-0.1, -0.05) is 47.5 Å². The van der Waals surface area contributed by atoms with Gasteiger partial charge in [0.05, 0.1) is 14.2 Å². The van der Waals surface area contributed by atoms with E-state index in [1.807, 2.05) is 0 Å². The lowest BCUT2D eigenvalue weighted by Gasteiger charge is -2.07. The summed E-state index contributed by atoms with van der Waals surface area (Å²) in [7, 11) is 2.38. The van der Waals surface area contributed by atoms with Crippen LogP contribution in [0.5, 0.6) is 0 Å². The Morgan fingerprint density at radius 3 is 2.00 bits per heavy atom. The van der Waals surface area contributed by atoms with Crippen molar-refractivity contribution in [2.24, 2.45) is 0 Å². The average molecular weight is 399 g/mol. The number of hydrogen-bond donors (Lipinski definition) is 1. The van der Waals surface area contributed by atoms with Crippen LogP contribution < -0.4 is 0 Å². The summed E-state index contributed by atoms with van der Waals surface area (Å²) in [4.78, 5) is 32.9. The Morgan fingerprint density at radius 1 is 0.923 bits per heavy atom. The smallest absolute Gasteiger partial charge is 0.379 e. The number of ketones is 1. The van der Waals surface area contributed by atoms with E-state index in [1.54, 1.807) is 30.3 Å². The SMILES string of the molecule is COC(=O)C(=O)c1cccc(Cl)c1.COC(=O)C(O)c1cccc(Cl)c1. The van der Waals surface area contributed by atoms with Gasteiger partial charge < -0.3 is 14.6 Å². The number of carbonyl (C=O) groups is 3. The van der Waals surface area contributed by atoms with Crippen LogP contribution in [0.15, 0.2) is 48.5 Å². The van der Waals surface area contributed by atoms with Gasteiger partial charge in [-0.05, 0) is 29.8 Å². The van der Waals surface area contributed by atoms with Crippen molar-refractivity contribution in [3.05, 3.63) is 69.7 Å². The normalized spacial score (nSPS) is 10.8. The molecule has 6 nitrogen and oxygen atoms in total. The highest BCUT2D eigenvalue weighted by molar-refractivity contribution is 6.41. The molecule has 0 aliphatic carbocycles. The van der Waals surface area contributed by atoms with Crippen LogP contribution in [-0.4, -0.2) is 37.0 Å². The first-order chi connectivity index (χ1) is 12.3. The largest absolute Gasteiger partial charge is 0.467 e. The van der Waals surface area contributed by atoms with Gasteiger partial charge in [-0.15, -0.1) is 0 Å². The van der Waals surface area contributed by atoms with Gasteiger partial charge in [0.1, 0.15) is 0 Å². The fourth-order valence-electron chi connectivity index (χ4n) is 1.76. The van der Waals surface area contributed by atoms with Crippen LogP contribution in [0, 0.1) is 0 Å². The molecule has 1 N–H and O–H groups in total. The predicted octanol–water partition coefficient (Wildman–Crippen LogP) is 3.24. The number of ether oxygens (including phenoxy) is 2.